The van der Waals surface area contributed by atoms with E-state index in [2.05, 4.69) is 372 Å². The summed E-state index contributed by atoms with van der Waals surface area (Å²) in [6.07, 6.45) is 0. The Bertz CT molecular complexity index is 3770. The molecule has 0 aliphatic carbocycles. The van der Waals surface area contributed by atoms with Gasteiger partial charge in [0.1, 0.15) is 0 Å². The first-order valence-corrected chi connectivity index (χ1v) is 31.8. The molecule has 0 amide bonds. The third kappa shape index (κ3) is 23.8. The van der Waals surface area contributed by atoms with Crippen LogP contribution in [0.25, 0.3) is 44.5 Å². The maximum Gasteiger partial charge on any atom is -0.0179 e. The molecule has 11 aromatic rings. The highest BCUT2D eigenvalue weighted by molar-refractivity contribution is 5.69. The minimum absolute atomic E-state index is 1.29. The van der Waals surface area contributed by atoms with Crippen LogP contribution < -0.4 is 0 Å². The molecule has 0 atom stereocenters. The summed E-state index contributed by atoms with van der Waals surface area (Å²) in [4.78, 5) is 0. The SMILES string of the molecule is Cc1cc(C)c(C)cc1C.Cc1cc(C)cc(-c2cc(C)cc(C)c2)c1.Cc1cc(C)cc(-c2ccc(C)c(C)c2)c1.Cc1ccc(-c2ccc(C)c(C)c2)cc1C.Cc1ccc(-c2ccc(C)cc2)cc1.Cc1ccc(C)c(C)c1.Cc1ccc(C)cc1. The first kappa shape index (κ1) is 71.2. The lowest BCUT2D eigenvalue weighted by Gasteiger charge is -2.08. The molecule has 0 nitrogen and oxygen atoms in total. The van der Waals surface area contributed by atoms with Crippen LogP contribution >= 0.6 is 0 Å². The molecule has 11 rings (SSSR count). The van der Waals surface area contributed by atoms with Gasteiger partial charge in [0.25, 0.3) is 0 Å². The van der Waals surface area contributed by atoms with Crippen LogP contribution in [-0.2, 0) is 0 Å². The molecule has 0 N–H and O–H groups in total. The summed E-state index contributed by atoms with van der Waals surface area (Å²) in [7, 11) is 0. The largest absolute Gasteiger partial charge is 0.0591 e. The Hall–Kier alpha value is -8.58. The van der Waals surface area contributed by atoms with Gasteiger partial charge in [0.2, 0.25) is 0 Å². The van der Waals surface area contributed by atoms with Gasteiger partial charge >= 0.3 is 0 Å². The van der Waals surface area contributed by atoms with E-state index in [0.29, 0.717) is 0 Å². The highest BCUT2D eigenvalue weighted by Gasteiger charge is 2.05. The Morgan fingerprint density at radius 3 is 0.517 bits per heavy atom. The summed E-state index contributed by atoms with van der Waals surface area (Å²) in [6.45, 7) is 49.3. The van der Waals surface area contributed by atoms with E-state index in [-0.39, 0.29) is 0 Å². The van der Waals surface area contributed by atoms with Crippen LogP contribution in [0.4, 0.5) is 0 Å². The zero-order valence-electron chi connectivity index (χ0n) is 58.7. The molecule has 0 bridgehead atoms. The molecular weight excluding hydrogens is 1070 g/mol. The van der Waals surface area contributed by atoms with Crippen LogP contribution in [-0.4, -0.2) is 0 Å². The molecule has 0 aliphatic rings. The molecule has 0 heteroatoms. The number of aryl methyl sites for hydroxylation is 23. The molecule has 0 radical (unpaired) electrons. The summed E-state index contributed by atoms with van der Waals surface area (Å²) < 4.78 is 0. The van der Waals surface area contributed by atoms with Crippen LogP contribution in [0.5, 0.6) is 0 Å². The van der Waals surface area contributed by atoms with E-state index >= 15 is 0 Å². The number of benzene rings is 11. The van der Waals surface area contributed by atoms with Crippen molar-refractivity contribution in [2.75, 3.05) is 0 Å². The lowest BCUT2D eigenvalue weighted by molar-refractivity contribution is 1.24. The summed E-state index contributed by atoms with van der Waals surface area (Å²) in [6, 6.07) is 76.9. The highest BCUT2D eigenvalue weighted by atomic mass is 14.1. The minimum atomic E-state index is 1.29. The Labute approximate surface area is 540 Å². The average Bonchev–Trinajstić information content (AvgIpc) is 3.67. The van der Waals surface area contributed by atoms with Crippen molar-refractivity contribution in [2.45, 2.75) is 159 Å². The van der Waals surface area contributed by atoms with E-state index in [1.165, 1.54) is 172 Å². The zero-order valence-corrected chi connectivity index (χ0v) is 58.7. The Morgan fingerprint density at radius 2 is 0.281 bits per heavy atom. The summed E-state index contributed by atoms with van der Waals surface area (Å²) in [5, 5.41) is 0. The van der Waals surface area contributed by atoms with Gasteiger partial charge in [-0.25, -0.2) is 0 Å². The Kier molecular flexibility index (Phi) is 27.4. The number of hydrogen-bond donors (Lipinski definition) is 0. The van der Waals surface area contributed by atoms with E-state index in [4.69, 9.17) is 0 Å². The summed E-state index contributed by atoms with van der Waals surface area (Å²) in [5.41, 5.74) is 41.5. The lowest BCUT2D eigenvalue weighted by Crippen LogP contribution is -1.86. The van der Waals surface area contributed by atoms with Gasteiger partial charge < -0.3 is 0 Å². The molecule has 11 aromatic carbocycles. The van der Waals surface area contributed by atoms with Gasteiger partial charge in [-0.3, -0.25) is 0 Å². The van der Waals surface area contributed by atoms with Crippen molar-refractivity contribution in [3.8, 4) is 44.5 Å². The van der Waals surface area contributed by atoms with Gasteiger partial charge in [0.05, 0.1) is 0 Å². The van der Waals surface area contributed by atoms with Gasteiger partial charge in [0, 0.05) is 0 Å². The first-order chi connectivity index (χ1) is 42.0. The fourth-order valence-electron chi connectivity index (χ4n) is 10.3. The minimum Gasteiger partial charge on any atom is -0.0591 e. The van der Waals surface area contributed by atoms with Gasteiger partial charge in [-0.05, 0) is 271 Å². The summed E-state index contributed by atoms with van der Waals surface area (Å²) in [5.74, 6) is 0. The normalized spacial score (nSPS) is 10.2. The molecule has 0 spiro atoms. The van der Waals surface area contributed by atoms with Crippen LogP contribution in [0, 0.1) is 159 Å². The smallest absolute Gasteiger partial charge is 0.0179 e. The van der Waals surface area contributed by atoms with Crippen molar-refractivity contribution < 1.29 is 0 Å². The molecule has 0 fully saturated rings. The molecule has 0 aliphatic heterocycles. The molecule has 89 heavy (non-hydrogen) atoms. The lowest BCUT2D eigenvalue weighted by atomic mass is 9.98. The topological polar surface area (TPSA) is 0 Å². The van der Waals surface area contributed by atoms with Crippen molar-refractivity contribution in [2.24, 2.45) is 0 Å². The third-order valence-electron chi connectivity index (χ3n) is 16.6. The van der Waals surface area contributed by atoms with E-state index in [1.807, 2.05) is 0 Å². The predicted octanol–water partition coefficient (Wildman–Crippen LogP) is 25.6. The molecule has 0 unspecified atom stereocenters. The Morgan fingerprint density at radius 1 is 0.101 bits per heavy atom. The van der Waals surface area contributed by atoms with Crippen molar-refractivity contribution in [1.82, 2.24) is 0 Å². The molecule has 0 saturated heterocycles. The highest BCUT2D eigenvalue weighted by Crippen LogP contribution is 2.28. The van der Waals surface area contributed by atoms with Crippen LogP contribution in [0.3, 0.4) is 0 Å². The molecule has 0 aromatic heterocycles. The predicted molar refractivity (Wildman–Crippen MR) is 396 cm³/mol. The second-order valence-corrected chi connectivity index (χ2v) is 25.5. The van der Waals surface area contributed by atoms with Gasteiger partial charge in [-0.15, -0.1) is 0 Å². The summed E-state index contributed by atoms with van der Waals surface area (Å²) >= 11 is 0. The van der Waals surface area contributed by atoms with E-state index in [0.717, 1.165) is 0 Å². The maximum absolute atomic E-state index is 2.27. The molecule has 0 heterocycles. The quantitative estimate of drug-likeness (QED) is 0.165. The van der Waals surface area contributed by atoms with E-state index in [9.17, 15) is 0 Å². The first-order valence-electron chi connectivity index (χ1n) is 31.8. The number of rotatable bonds is 4. The zero-order chi connectivity index (χ0) is 65.6. The van der Waals surface area contributed by atoms with Crippen LogP contribution in [0.15, 0.2) is 212 Å². The molecule has 0 saturated carbocycles. The second kappa shape index (κ2) is 34.2. The van der Waals surface area contributed by atoms with Crippen LogP contribution in [0.2, 0.25) is 0 Å². The standard InChI is InChI=1S/3C16H18.C14H14.C10H14.C9H12.C8H10/c1-11-5-12(2)8-15(7-11)16-9-13(3)6-14(4)10-16;1-11-5-7-15(9-13(11)3)16-8-6-12(2)14(4)10-16;1-11-7-12(2)9-16(8-11)15-6-5-13(3)14(4)10-15;1-11-3-7-13(8-4-11)14-9-5-12(2)6-10-14;1-7-5-9(3)10(4)6-8(7)2;1-7-4-5-8(2)9(3)6-7;1-7-3-5-8(2)6-4-7/h3*5-10H,1-4H3;3-10H,1-2H3;5-6H,1-4H3;4-6H,1-3H3;3-6H,1-2H3. The monoisotopic (exact) mass is 1170 g/mol. The second-order valence-electron chi connectivity index (χ2n) is 25.5. The van der Waals surface area contributed by atoms with Gasteiger partial charge in [-0.2, -0.15) is 0 Å². The third-order valence-corrected chi connectivity index (χ3v) is 16.6. The van der Waals surface area contributed by atoms with Gasteiger partial charge in [-0.1, -0.05) is 274 Å². The van der Waals surface area contributed by atoms with E-state index in [1.54, 1.807) is 0 Å². The van der Waals surface area contributed by atoms with Crippen molar-refractivity contribution in [3.05, 3.63) is 340 Å². The van der Waals surface area contributed by atoms with Gasteiger partial charge in [0.15, 0.2) is 0 Å². The Balaban J connectivity index is 0.000000192. The fourth-order valence-corrected chi connectivity index (χ4v) is 10.3. The molecule has 460 valence electrons. The maximum atomic E-state index is 2.27. The van der Waals surface area contributed by atoms with Crippen molar-refractivity contribution in [3.63, 3.8) is 0 Å². The average molecular weight is 1170 g/mol. The molecular formula is C89H104. The van der Waals surface area contributed by atoms with Crippen LogP contribution in [0.1, 0.15) is 128 Å². The van der Waals surface area contributed by atoms with Crippen molar-refractivity contribution >= 4 is 0 Å². The fraction of sp³-hybridized carbons (Fsp3) is 0.258. The van der Waals surface area contributed by atoms with Crippen molar-refractivity contribution in [1.29, 1.82) is 0 Å². The van der Waals surface area contributed by atoms with E-state index < -0.39 is 0 Å². The number of hydrogen-bond acceptors (Lipinski definition) is 0.